The van der Waals surface area contributed by atoms with Crippen LogP contribution in [0.1, 0.15) is 22.3 Å². The molecule has 0 bridgehead atoms. The molecule has 0 saturated carbocycles. The molecular weight excluding hydrogens is 1770 g/mol. The van der Waals surface area contributed by atoms with Gasteiger partial charge in [-0.15, -0.1) is 0 Å². The number of nitrogens with zero attached hydrogens (tertiary/aromatic N) is 4. The topological polar surface area (TPSA) is 13.0 Å². The van der Waals surface area contributed by atoms with E-state index in [-0.39, 0.29) is 0 Å². The van der Waals surface area contributed by atoms with Crippen molar-refractivity contribution in [2.75, 3.05) is 19.6 Å². The summed E-state index contributed by atoms with van der Waals surface area (Å²) in [6.07, 6.45) is 0. The number of rotatable bonds is 22. The summed E-state index contributed by atoms with van der Waals surface area (Å²) in [7, 11) is -3.18. The number of benzene rings is 24. The molecule has 0 heterocycles. The van der Waals surface area contributed by atoms with E-state index >= 15 is 0 Å². The van der Waals surface area contributed by atoms with Crippen LogP contribution in [0, 0.1) is 27.7 Å². The maximum Gasteiger partial charge on any atom is 0.0775 e. The third-order valence-electron chi connectivity index (χ3n) is 28.9. The van der Waals surface area contributed by atoms with Crippen LogP contribution in [0.2, 0.25) is 39.3 Å². The van der Waals surface area contributed by atoms with Crippen molar-refractivity contribution in [1.82, 2.24) is 0 Å². The standard InChI is InChI=1S/C72H64N2Si2.C66H48N2/c1-49-19-23-53(24-20-49)59-43-57(51-15-11-9-12-16-51)45-63(47-59)73(61-31-35-65(36-32-61)75(3,4)5)69-41-29-55-28-40-68-70(42-30-56-27-39-67(69)71(55)72(56)68)74(62-33-37-66(38-34-62)76(6,7)8)64-46-58(52-17-13-10-14-18-52)44-60(48-64)54-25-21-50(2)22-26-54;1-45-23-27-49(28-24-45)55-39-53(47-15-7-3-8-16-47)41-59(43-55)67(57-19-11-5-12-20-57)63-37-33-51-32-36-62-64(38-34-52-31-35-61(63)65(51)66(52)62)68(58-21-13-6-14-22-58)60-42-54(48-17-9-4-10-18-48)40-56(44-60)50-29-25-46(2)26-30-50/h9-48H,1-8H3;3-44H,1-2H3. The molecule has 0 spiro atoms. The second-order valence-corrected chi connectivity index (χ2v) is 50.9. The zero-order valence-corrected chi connectivity index (χ0v) is 85.1. The SMILES string of the molecule is Cc1ccc(-c2cc(-c3ccccc3)cc(N(c3ccc([Si](C)(C)C)cc3)c3ccc4ccc5c(N(c6ccc([Si](C)(C)C)cc6)c6cc(-c7ccccc7)cc(-c7ccc(C)cc7)c6)ccc6ccc3c4c65)c2)cc1.Cc1ccc(-c2cc(-c3ccccc3)cc(N(c3ccccc3)c3ccc4ccc5c(N(c6ccccc6)c6cc(-c7ccccc7)cc(-c7ccc(C)cc7)c6)ccc6ccc3c4c65)c2)cc1. The van der Waals surface area contributed by atoms with Gasteiger partial charge in [-0.2, -0.15) is 0 Å². The Morgan fingerprint density at radius 2 is 0.312 bits per heavy atom. The Bertz CT molecular complexity index is 8270. The molecule has 6 heteroatoms. The Morgan fingerprint density at radius 1 is 0.139 bits per heavy atom. The first kappa shape index (κ1) is 90.8. The molecule has 24 rings (SSSR count). The Morgan fingerprint density at radius 3 is 0.507 bits per heavy atom. The average molecular weight is 1880 g/mol. The first-order valence-electron chi connectivity index (χ1n) is 50.3. The van der Waals surface area contributed by atoms with Gasteiger partial charge >= 0.3 is 0 Å². The van der Waals surface area contributed by atoms with Gasteiger partial charge in [0.25, 0.3) is 0 Å². The van der Waals surface area contributed by atoms with E-state index in [1.165, 1.54) is 186 Å². The monoisotopic (exact) mass is 1880 g/mol. The highest BCUT2D eigenvalue weighted by Crippen LogP contribution is 2.54. The summed E-state index contributed by atoms with van der Waals surface area (Å²) in [6, 6.07) is 185. The molecule has 4 nitrogen and oxygen atoms in total. The molecule has 0 radical (unpaired) electrons. The highest BCUT2D eigenvalue weighted by molar-refractivity contribution is 6.89. The summed E-state index contributed by atoms with van der Waals surface area (Å²) >= 11 is 0. The van der Waals surface area contributed by atoms with Gasteiger partial charge in [-0.05, 0) is 305 Å². The average Bonchev–Trinajstić information content (AvgIpc) is 0.720. The summed E-state index contributed by atoms with van der Waals surface area (Å²) in [5.74, 6) is 0. The zero-order chi connectivity index (χ0) is 97.9. The third kappa shape index (κ3) is 18.0. The van der Waals surface area contributed by atoms with Gasteiger partial charge in [0, 0.05) is 67.0 Å². The van der Waals surface area contributed by atoms with Crippen LogP contribution in [-0.2, 0) is 0 Å². The van der Waals surface area contributed by atoms with Gasteiger partial charge in [-0.25, -0.2) is 0 Å². The van der Waals surface area contributed by atoms with E-state index in [1.807, 2.05) is 0 Å². The number of para-hydroxylation sites is 2. The Balaban J connectivity index is 0.000000160. The van der Waals surface area contributed by atoms with Crippen molar-refractivity contribution in [2.45, 2.75) is 67.0 Å². The van der Waals surface area contributed by atoms with E-state index in [4.69, 9.17) is 0 Å². The first-order chi connectivity index (χ1) is 70.2. The van der Waals surface area contributed by atoms with Crippen LogP contribution in [0.3, 0.4) is 0 Å². The number of hydrogen-bond donors (Lipinski definition) is 0. The van der Waals surface area contributed by atoms with Crippen LogP contribution in [0.4, 0.5) is 68.2 Å². The van der Waals surface area contributed by atoms with Crippen LogP contribution in [0.25, 0.3) is 154 Å². The second-order valence-electron chi connectivity index (χ2n) is 40.8. The fraction of sp³-hybridized carbons (Fsp3) is 0.0725. The molecule has 692 valence electrons. The van der Waals surface area contributed by atoms with Gasteiger partial charge in [-0.1, -0.05) is 424 Å². The molecule has 0 amide bonds. The van der Waals surface area contributed by atoms with E-state index in [2.05, 4.69) is 584 Å². The predicted octanol–water partition coefficient (Wildman–Crippen LogP) is 38.7. The van der Waals surface area contributed by atoms with Crippen LogP contribution < -0.4 is 30.0 Å². The third-order valence-corrected chi connectivity index (χ3v) is 33.0. The van der Waals surface area contributed by atoms with Gasteiger partial charge in [0.05, 0.1) is 38.9 Å². The van der Waals surface area contributed by atoms with E-state index in [0.717, 1.165) is 68.2 Å². The molecule has 0 N–H and O–H groups in total. The van der Waals surface area contributed by atoms with Gasteiger partial charge in [0.15, 0.2) is 0 Å². The minimum atomic E-state index is -1.59. The van der Waals surface area contributed by atoms with Crippen molar-refractivity contribution >= 4 is 159 Å². The molecule has 0 unspecified atom stereocenters. The molecule has 0 aliphatic rings. The Labute approximate surface area is 848 Å². The van der Waals surface area contributed by atoms with Gasteiger partial charge in [0.2, 0.25) is 0 Å². The van der Waals surface area contributed by atoms with Crippen molar-refractivity contribution in [3.63, 3.8) is 0 Å². The molecule has 144 heavy (non-hydrogen) atoms. The lowest BCUT2D eigenvalue weighted by Crippen LogP contribution is -2.37. The number of anilines is 12. The smallest absolute Gasteiger partial charge is 0.0775 e. The van der Waals surface area contributed by atoms with Crippen molar-refractivity contribution in [3.8, 4) is 89.0 Å². The molecule has 0 atom stereocenters. The summed E-state index contributed by atoms with van der Waals surface area (Å²) in [6.45, 7) is 23.2. The maximum absolute atomic E-state index is 2.51. The van der Waals surface area contributed by atoms with Gasteiger partial charge in [-0.3, -0.25) is 0 Å². The largest absolute Gasteiger partial charge is 0.310 e. The highest BCUT2D eigenvalue weighted by Gasteiger charge is 2.30. The van der Waals surface area contributed by atoms with Crippen LogP contribution >= 0.6 is 0 Å². The van der Waals surface area contributed by atoms with Crippen LogP contribution in [-0.4, -0.2) is 16.1 Å². The lowest BCUT2D eigenvalue weighted by molar-refractivity contribution is 1.30. The molecule has 0 saturated heterocycles. The molecule has 0 fully saturated rings. The predicted molar refractivity (Wildman–Crippen MR) is 627 cm³/mol. The molecule has 0 aliphatic carbocycles. The fourth-order valence-electron chi connectivity index (χ4n) is 21.2. The van der Waals surface area contributed by atoms with E-state index in [1.54, 1.807) is 0 Å². The van der Waals surface area contributed by atoms with Crippen molar-refractivity contribution in [1.29, 1.82) is 0 Å². The minimum absolute atomic E-state index is 1.10. The summed E-state index contributed by atoms with van der Waals surface area (Å²) in [5.41, 5.74) is 37.3. The van der Waals surface area contributed by atoms with E-state index in [9.17, 15) is 0 Å². The van der Waals surface area contributed by atoms with Crippen LogP contribution in [0.5, 0.6) is 0 Å². The summed E-state index contributed by atoms with van der Waals surface area (Å²) < 4.78 is 0. The lowest BCUT2D eigenvalue weighted by Gasteiger charge is -2.31. The zero-order valence-electron chi connectivity index (χ0n) is 83.1. The number of hydrogen-bond acceptors (Lipinski definition) is 4. The highest BCUT2D eigenvalue weighted by atomic mass is 28.3. The summed E-state index contributed by atoms with van der Waals surface area (Å²) in [4.78, 5) is 9.93. The molecule has 24 aromatic carbocycles. The van der Waals surface area contributed by atoms with Gasteiger partial charge < -0.3 is 19.6 Å². The summed E-state index contributed by atoms with van der Waals surface area (Å²) in [5, 5.41) is 17.6. The maximum atomic E-state index is 2.51. The second kappa shape index (κ2) is 38.2. The van der Waals surface area contributed by atoms with Crippen molar-refractivity contribution < 1.29 is 0 Å². The molecule has 24 aromatic rings. The Hall–Kier alpha value is -17.0. The first-order valence-corrected chi connectivity index (χ1v) is 57.3. The lowest BCUT2D eigenvalue weighted by atomic mass is 9.91. The minimum Gasteiger partial charge on any atom is -0.310 e. The van der Waals surface area contributed by atoms with E-state index < -0.39 is 16.1 Å². The quantitative estimate of drug-likeness (QED) is 0.0495. The van der Waals surface area contributed by atoms with Crippen LogP contribution in [0.15, 0.2) is 497 Å². The molecule has 0 aliphatic heterocycles. The molecule has 0 aromatic heterocycles. The normalized spacial score (nSPS) is 11.7. The molecular formula is C138H112N4Si2. The van der Waals surface area contributed by atoms with Crippen molar-refractivity contribution in [2.24, 2.45) is 0 Å². The fourth-order valence-corrected chi connectivity index (χ4v) is 23.5. The Kier molecular flexibility index (Phi) is 24.1. The van der Waals surface area contributed by atoms with Gasteiger partial charge in [0.1, 0.15) is 0 Å². The number of aryl methyl sites for hydroxylation is 4. The van der Waals surface area contributed by atoms with E-state index in [0.29, 0.717) is 0 Å². The van der Waals surface area contributed by atoms with Crippen molar-refractivity contribution in [3.05, 3.63) is 520 Å².